The Hall–Kier alpha value is -2.12. The number of likely N-dealkylation sites (tertiary alicyclic amines) is 1. The van der Waals surface area contributed by atoms with E-state index in [0.29, 0.717) is 19.3 Å². The molecule has 1 aromatic carbocycles. The summed E-state index contributed by atoms with van der Waals surface area (Å²) in [6.45, 7) is 2.04. The monoisotopic (exact) mass is 409 g/mol. The highest BCUT2D eigenvalue weighted by molar-refractivity contribution is 6.07. The maximum Gasteiger partial charge on any atom is 0.322 e. The van der Waals surface area contributed by atoms with Crippen molar-refractivity contribution in [2.75, 3.05) is 20.2 Å². The first kappa shape index (κ1) is 17.5. The van der Waals surface area contributed by atoms with Crippen molar-refractivity contribution in [1.82, 2.24) is 15.5 Å². The summed E-state index contributed by atoms with van der Waals surface area (Å²) in [5, 5.41) is 17.7. The second kappa shape index (κ2) is 5.02. The summed E-state index contributed by atoms with van der Waals surface area (Å²) < 4.78 is 5.53. The molecule has 3 amide bonds. The number of benzene rings is 1. The van der Waals surface area contributed by atoms with E-state index in [1.807, 2.05) is 6.07 Å². The second-order valence-electron chi connectivity index (χ2n) is 10.7. The molecule has 5 fully saturated rings. The summed E-state index contributed by atoms with van der Waals surface area (Å²) in [5.74, 6) is 1.30. The van der Waals surface area contributed by atoms with Crippen molar-refractivity contribution in [2.24, 2.45) is 5.92 Å². The van der Waals surface area contributed by atoms with E-state index in [1.54, 1.807) is 7.11 Å². The van der Waals surface area contributed by atoms with Crippen LogP contribution in [0.2, 0.25) is 0 Å². The van der Waals surface area contributed by atoms with Crippen LogP contribution in [-0.2, 0) is 15.6 Å². The minimum Gasteiger partial charge on any atom is -0.497 e. The number of hydrogen-bond donors (Lipinski definition) is 3. The van der Waals surface area contributed by atoms with E-state index in [9.17, 15) is 14.7 Å². The molecular formula is C23H27N3O4. The number of nitrogens with one attached hydrogen (secondary N) is 2. The molecule has 1 unspecified atom stereocenters. The van der Waals surface area contributed by atoms with Crippen LogP contribution in [0.4, 0.5) is 4.79 Å². The molecule has 6 aliphatic rings. The summed E-state index contributed by atoms with van der Waals surface area (Å²) in [6, 6.07) is 5.95. The van der Waals surface area contributed by atoms with Gasteiger partial charge in [-0.1, -0.05) is 6.07 Å². The normalized spacial score (nSPS) is 45.5. The predicted octanol–water partition coefficient (Wildman–Crippen LogP) is 1.18. The number of fused-ring (bicyclic) bond motifs is 2. The zero-order valence-corrected chi connectivity index (χ0v) is 17.2. The fourth-order valence-corrected chi connectivity index (χ4v) is 8.10. The van der Waals surface area contributed by atoms with Crippen molar-refractivity contribution in [3.8, 4) is 5.75 Å². The van der Waals surface area contributed by atoms with Crippen molar-refractivity contribution in [1.29, 1.82) is 0 Å². The third-order valence-corrected chi connectivity index (χ3v) is 9.29. The van der Waals surface area contributed by atoms with Crippen molar-refractivity contribution in [2.45, 2.75) is 66.5 Å². The molecule has 3 saturated carbocycles. The standard InChI is InChI=1S/C23H27N3O4/c1-30-14-4-5-15-16(8-14)21-10-20(15)12-26(9-13-2-3-13)17(20)23(21,29)7-6-22(11-21)18(27)24-19(28)25-22/h4-5,8,13,17,29H,2-3,6-7,9-12H2,1H3,(H2,24,25,27,28)/t17-,20?,21-,22+,23-/m1/s1. The molecule has 2 bridgehead atoms. The number of methoxy groups -OCH3 is 1. The van der Waals surface area contributed by atoms with Crippen LogP contribution in [0.25, 0.3) is 0 Å². The van der Waals surface area contributed by atoms with Crippen LogP contribution in [0.1, 0.15) is 49.7 Å². The lowest BCUT2D eigenvalue weighted by atomic mass is 9.52. The maximum atomic E-state index is 12.8. The Balaban J connectivity index is 1.40. The Labute approximate surface area is 175 Å². The molecule has 7 nitrogen and oxygen atoms in total. The van der Waals surface area contributed by atoms with Gasteiger partial charge >= 0.3 is 6.03 Å². The maximum absolute atomic E-state index is 12.8. The van der Waals surface area contributed by atoms with Gasteiger partial charge < -0.3 is 15.2 Å². The number of aliphatic hydroxyl groups is 1. The Morgan fingerprint density at radius 1 is 1.20 bits per heavy atom. The van der Waals surface area contributed by atoms with E-state index in [1.165, 1.54) is 18.4 Å². The van der Waals surface area contributed by atoms with E-state index in [4.69, 9.17) is 4.74 Å². The lowest BCUT2D eigenvalue weighted by Gasteiger charge is -2.63. The quantitative estimate of drug-likeness (QED) is 0.652. The van der Waals surface area contributed by atoms with Gasteiger partial charge in [-0.25, -0.2) is 4.79 Å². The molecule has 0 radical (unpaired) electrons. The van der Waals surface area contributed by atoms with Crippen LogP contribution >= 0.6 is 0 Å². The topological polar surface area (TPSA) is 90.9 Å². The molecule has 0 aromatic heterocycles. The third kappa shape index (κ3) is 1.74. The average molecular weight is 409 g/mol. The highest BCUT2D eigenvalue weighted by Crippen LogP contribution is 2.75. The van der Waals surface area contributed by atoms with Gasteiger partial charge in [0.1, 0.15) is 11.3 Å². The van der Waals surface area contributed by atoms with Crippen LogP contribution in [0.15, 0.2) is 18.2 Å². The van der Waals surface area contributed by atoms with Crippen molar-refractivity contribution < 1.29 is 19.4 Å². The number of urea groups is 1. The zero-order chi connectivity index (χ0) is 20.5. The average Bonchev–Trinajstić information content (AvgIpc) is 3.37. The van der Waals surface area contributed by atoms with Gasteiger partial charge in [-0.15, -0.1) is 0 Å². The fraction of sp³-hybridized carbons (Fsp3) is 0.652. The van der Waals surface area contributed by atoms with Crippen LogP contribution in [0.5, 0.6) is 5.75 Å². The van der Waals surface area contributed by atoms with Crippen LogP contribution < -0.4 is 15.4 Å². The highest BCUT2D eigenvalue weighted by Gasteiger charge is 2.82. The van der Waals surface area contributed by atoms with Gasteiger partial charge in [0.05, 0.1) is 18.8 Å². The van der Waals surface area contributed by atoms with E-state index in [0.717, 1.165) is 36.7 Å². The summed E-state index contributed by atoms with van der Waals surface area (Å²) >= 11 is 0. The molecule has 2 heterocycles. The van der Waals surface area contributed by atoms with Gasteiger partial charge in [0.2, 0.25) is 0 Å². The van der Waals surface area contributed by atoms with E-state index >= 15 is 0 Å². The molecule has 3 spiro atoms. The number of imide groups is 1. The third-order valence-electron chi connectivity index (χ3n) is 9.29. The van der Waals surface area contributed by atoms with Gasteiger partial charge in [-0.3, -0.25) is 15.0 Å². The Bertz CT molecular complexity index is 1020. The zero-order valence-electron chi connectivity index (χ0n) is 17.2. The molecule has 1 aromatic rings. The van der Waals surface area contributed by atoms with Gasteiger partial charge in [-0.2, -0.15) is 0 Å². The van der Waals surface area contributed by atoms with E-state index < -0.39 is 22.6 Å². The second-order valence-corrected chi connectivity index (χ2v) is 10.7. The lowest BCUT2D eigenvalue weighted by Crippen LogP contribution is -2.76. The Kier molecular flexibility index (Phi) is 2.94. The number of carbonyl (C=O) groups excluding carboxylic acids is 2. The molecule has 7 rings (SSSR count). The van der Waals surface area contributed by atoms with Crippen LogP contribution in [0.3, 0.4) is 0 Å². The number of nitrogens with zero attached hydrogens (tertiary/aromatic N) is 1. The fourth-order valence-electron chi connectivity index (χ4n) is 8.10. The molecule has 7 heteroatoms. The van der Waals surface area contributed by atoms with E-state index in [-0.39, 0.29) is 17.4 Å². The molecule has 158 valence electrons. The molecule has 4 aliphatic carbocycles. The number of amides is 3. The van der Waals surface area contributed by atoms with Gasteiger partial charge in [0.15, 0.2) is 0 Å². The number of hydrogen-bond acceptors (Lipinski definition) is 5. The number of rotatable bonds is 3. The molecular weight excluding hydrogens is 382 g/mol. The summed E-state index contributed by atoms with van der Waals surface area (Å²) in [5.41, 5.74) is 0.00757. The van der Waals surface area contributed by atoms with Gasteiger partial charge in [-0.05, 0) is 67.7 Å². The molecule has 30 heavy (non-hydrogen) atoms. The smallest absolute Gasteiger partial charge is 0.322 e. The van der Waals surface area contributed by atoms with E-state index in [2.05, 4.69) is 27.7 Å². The van der Waals surface area contributed by atoms with Gasteiger partial charge in [0.25, 0.3) is 5.91 Å². The number of ether oxygens (including phenoxy) is 1. The summed E-state index contributed by atoms with van der Waals surface area (Å²) in [7, 11) is 1.66. The summed E-state index contributed by atoms with van der Waals surface area (Å²) in [6.07, 6.45) is 4.88. The van der Waals surface area contributed by atoms with Gasteiger partial charge in [0, 0.05) is 23.9 Å². The van der Waals surface area contributed by atoms with Crippen molar-refractivity contribution >= 4 is 11.9 Å². The minimum atomic E-state index is -0.930. The largest absolute Gasteiger partial charge is 0.497 e. The first-order valence-corrected chi connectivity index (χ1v) is 11.1. The highest BCUT2D eigenvalue weighted by atomic mass is 16.5. The molecule has 5 atom stereocenters. The Morgan fingerprint density at radius 3 is 2.73 bits per heavy atom. The van der Waals surface area contributed by atoms with Crippen LogP contribution in [0, 0.1) is 5.92 Å². The molecule has 3 N–H and O–H groups in total. The molecule has 2 aliphatic heterocycles. The van der Waals surface area contributed by atoms with Crippen LogP contribution in [-0.4, -0.2) is 59.3 Å². The minimum absolute atomic E-state index is 0.0597. The number of carbonyl (C=O) groups is 2. The SMILES string of the molecule is COc1ccc2c(c1)[C@]13CC24CN(CC2CC2)[C@H]4[C@]1(O)CC[C@@]1(C3)NC(=O)NC1=O. The van der Waals surface area contributed by atoms with Crippen molar-refractivity contribution in [3.63, 3.8) is 0 Å². The Morgan fingerprint density at radius 2 is 2.03 bits per heavy atom. The van der Waals surface area contributed by atoms with Crippen molar-refractivity contribution in [3.05, 3.63) is 29.3 Å². The molecule has 2 saturated heterocycles. The summed E-state index contributed by atoms with van der Waals surface area (Å²) in [4.78, 5) is 27.4. The first-order chi connectivity index (χ1) is 14.4. The first-order valence-electron chi connectivity index (χ1n) is 11.1. The predicted molar refractivity (Wildman–Crippen MR) is 107 cm³/mol. The lowest BCUT2D eigenvalue weighted by molar-refractivity contribution is -0.160.